The van der Waals surface area contributed by atoms with Crippen LogP contribution < -0.4 is 14.8 Å². The first-order valence-electron chi connectivity index (χ1n) is 8.56. The number of nitrogens with one attached hydrogen (secondary N) is 1. The smallest absolute Gasteiger partial charge is 0.338 e. The molecule has 144 valence electrons. The van der Waals surface area contributed by atoms with Crippen molar-refractivity contribution in [1.82, 2.24) is 14.8 Å². The molecule has 0 radical (unpaired) electrons. The predicted molar refractivity (Wildman–Crippen MR) is 100 cm³/mol. The number of methoxy groups -OCH3 is 1. The summed E-state index contributed by atoms with van der Waals surface area (Å²) < 4.78 is 17.9. The minimum absolute atomic E-state index is 0.389. The second kappa shape index (κ2) is 7.87. The van der Waals surface area contributed by atoms with Gasteiger partial charge >= 0.3 is 5.97 Å². The number of ether oxygens (including phenoxy) is 3. The van der Waals surface area contributed by atoms with Crippen molar-refractivity contribution in [3.63, 3.8) is 0 Å². The Hall–Kier alpha value is -2.74. The third kappa shape index (κ3) is 3.44. The maximum atomic E-state index is 12.5. The van der Waals surface area contributed by atoms with E-state index in [-0.39, 0.29) is 0 Å². The van der Waals surface area contributed by atoms with Gasteiger partial charge in [-0.15, -0.1) is 0 Å². The van der Waals surface area contributed by atoms with E-state index in [0.29, 0.717) is 52.5 Å². The van der Waals surface area contributed by atoms with Crippen LogP contribution in [0.2, 0.25) is 5.02 Å². The molecule has 0 spiro atoms. The average Bonchev–Trinajstić information content (AvgIpc) is 3.10. The van der Waals surface area contributed by atoms with Crippen molar-refractivity contribution in [2.75, 3.05) is 25.6 Å². The summed E-state index contributed by atoms with van der Waals surface area (Å²) in [6.45, 7) is 6.43. The highest BCUT2D eigenvalue weighted by atomic mass is 35.5. The Bertz CT molecular complexity index is 893. The Morgan fingerprint density at radius 1 is 1.30 bits per heavy atom. The number of nitrogens with zero attached hydrogens (tertiary/aromatic N) is 3. The maximum absolute atomic E-state index is 12.5. The van der Waals surface area contributed by atoms with Gasteiger partial charge < -0.3 is 19.5 Å². The lowest BCUT2D eigenvalue weighted by atomic mass is 9.95. The van der Waals surface area contributed by atoms with E-state index >= 15 is 0 Å². The quantitative estimate of drug-likeness (QED) is 0.755. The van der Waals surface area contributed by atoms with Gasteiger partial charge in [-0.3, -0.25) is 0 Å². The highest BCUT2D eigenvalue weighted by Gasteiger charge is 2.35. The molecule has 1 aromatic carbocycles. The second-order valence-corrected chi connectivity index (χ2v) is 6.19. The molecule has 1 N–H and O–H groups in total. The van der Waals surface area contributed by atoms with Crippen molar-refractivity contribution in [1.29, 1.82) is 0 Å². The monoisotopic (exact) mass is 392 g/mol. The number of halogens is 1. The molecule has 0 bridgehead atoms. The van der Waals surface area contributed by atoms with Gasteiger partial charge in [0.25, 0.3) is 0 Å². The zero-order chi connectivity index (χ0) is 19.6. The number of rotatable bonds is 6. The summed E-state index contributed by atoms with van der Waals surface area (Å²) in [4.78, 5) is 16.7. The molecular weight excluding hydrogens is 372 g/mol. The van der Waals surface area contributed by atoms with Gasteiger partial charge in [-0.25, -0.2) is 9.48 Å². The summed E-state index contributed by atoms with van der Waals surface area (Å²) in [6.07, 6.45) is 1.42. The van der Waals surface area contributed by atoms with Crippen molar-refractivity contribution in [3.8, 4) is 11.5 Å². The van der Waals surface area contributed by atoms with Crippen molar-refractivity contribution >= 4 is 23.5 Å². The molecule has 2 aromatic rings. The number of aromatic nitrogens is 3. The first-order valence-corrected chi connectivity index (χ1v) is 8.94. The summed E-state index contributed by atoms with van der Waals surface area (Å²) in [7, 11) is 1.34. The van der Waals surface area contributed by atoms with Gasteiger partial charge in [0.1, 0.15) is 12.4 Å². The lowest BCUT2D eigenvalue weighted by Crippen LogP contribution is -2.29. The second-order valence-electron chi connectivity index (χ2n) is 5.78. The molecule has 3 rings (SSSR count). The van der Waals surface area contributed by atoms with Crippen LogP contribution in [0, 0.1) is 0 Å². The standard InChI is InChI=1S/C18H21ClN4O4/c1-5-26-13-8-11(7-12(19)16(13)27-6-2)15-14(17(24)25-4)10(3)22-18-20-9-21-23(15)18/h7-9,15H,5-6H2,1-4H3,(H,20,21,22)/t15-/m0/s1. The van der Waals surface area contributed by atoms with Gasteiger partial charge in [0, 0.05) is 5.70 Å². The number of hydrogen-bond acceptors (Lipinski definition) is 7. The minimum Gasteiger partial charge on any atom is -0.490 e. The molecule has 8 nitrogen and oxygen atoms in total. The third-order valence-electron chi connectivity index (χ3n) is 4.14. The molecule has 0 saturated heterocycles. The number of benzene rings is 1. The molecule has 9 heteroatoms. The molecule has 1 atom stereocenters. The summed E-state index contributed by atoms with van der Waals surface area (Å²) in [5.74, 6) is 1.03. The number of carbonyl (C=O) groups is 1. The average molecular weight is 393 g/mol. The third-order valence-corrected chi connectivity index (χ3v) is 4.42. The highest BCUT2D eigenvalue weighted by molar-refractivity contribution is 6.32. The van der Waals surface area contributed by atoms with Crippen molar-refractivity contribution in [2.24, 2.45) is 0 Å². The molecular formula is C18H21ClN4O4. The molecule has 2 heterocycles. The van der Waals surface area contributed by atoms with Crippen LogP contribution in [0.25, 0.3) is 0 Å². The topological polar surface area (TPSA) is 87.5 Å². The molecule has 1 aliphatic heterocycles. The van der Waals surface area contributed by atoms with Crippen LogP contribution in [0.15, 0.2) is 29.7 Å². The summed E-state index contributed by atoms with van der Waals surface area (Å²) >= 11 is 6.47. The van der Waals surface area contributed by atoms with Crippen molar-refractivity contribution in [3.05, 3.63) is 40.3 Å². The number of allylic oxidation sites excluding steroid dienone is 1. The fourth-order valence-electron chi connectivity index (χ4n) is 3.07. The first kappa shape index (κ1) is 19.0. The van der Waals surface area contributed by atoms with Crippen LogP contribution in [-0.4, -0.2) is 41.1 Å². The molecule has 0 saturated carbocycles. The highest BCUT2D eigenvalue weighted by Crippen LogP contribution is 2.42. The van der Waals surface area contributed by atoms with E-state index < -0.39 is 12.0 Å². The number of hydrogen-bond donors (Lipinski definition) is 1. The predicted octanol–water partition coefficient (Wildman–Crippen LogP) is 3.19. The van der Waals surface area contributed by atoms with Gasteiger partial charge in [0.15, 0.2) is 11.5 Å². The molecule has 1 aliphatic rings. The molecule has 0 unspecified atom stereocenters. The molecule has 0 aliphatic carbocycles. The van der Waals surface area contributed by atoms with Crippen molar-refractivity contribution < 1.29 is 19.0 Å². The Balaban J connectivity index is 2.19. The van der Waals surface area contributed by atoms with Gasteiger partial charge in [0.05, 0.1) is 30.9 Å². The fourth-order valence-corrected chi connectivity index (χ4v) is 3.34. The van der Waals surface area contributed by atoms with Gasteiger partial charge in [-0.2, -0.15) is 10.1 Å². The van der Waals surface area contributed by atoms with Crippen LogP contribution in [0.3, 0.4) is 0 Å². The summed E-state index contributed by atoms with van der Waals surface area (Å²) in [5.41, 5.74) is 1.76. The molecule has 1 aromatic heterocycles. The number of carbonyl (C=O) groups excluding carboxylic acids is 1. The normalized spacial score (nSPS) is 15.8. The zero-order valence-corrected chi connectivity index (χ0v) is 16.3. The maximum Gasteiger partial charge on any atom is 0.338 e. The fraction of sp³-hybridized carbons (Fsp3) is 0.389. The molecule has 0 fully saturated rings. The number of anilines is 1. The van der Waals surface area contributed by atoms with E-state index in [1.54, 1.807) is 23.7 Å². The molecule has 0 amide bonds. The van der Waals surface area contributed by atoms with Crippen LogP contribution in [0.5, 0.6) is 11.5 Å². The minimum atomic E-state index is -0.566. The van der Waals surface area contributed by atoms with Gasteiger partial charge in [0.2, 0.25) is 5.95 Å². The first-order chi connectivity index (χ1) is 13.0. The lowest BCUT2D eigenvalue weighted by Gasteiger charge is -2.28. The SMILES string of the molecule is CCOc1cc([C@H]2C(C(=O)OC)=C(C)Nc3ncnn32)cc(Cl)c1OCC. The van der Waals surface area contributed by atoms with Crippen LogP contribution in [0.1, 0.15) is 32.4 Å². The van der Waals surface area contributed by atoms with E-state index in [0.717, 1.165) is 0 Å². The van der Waals surface area contributed by atoms with Crippen molar-refractivity contribution in [2.45, 2.75) is 26.8 Å². The Labute approximate surface area is 162 Å². The Morgan fingerprint density at radius 2 is 2.04 bits per heavy atom. The van der Waals surface area contributed by atoms with Crippen LogP contribution >= 0.6 is 11.6 Å². The largest absolute Gasteiger partial charge is 0.490 e. The zero-order valence-electron chi connectivity index (χ0n) is 15.6. The Kier molecular flexibility index (Phi) is 5.55. The van der Waals surface area contributed by atoms with Gasteiger partial charge in [-0.05, 0) is 38.5 Å². The number of fused-ring (bicyclic) bond motifs is 1. The number of esters is 1. The lowest BCUT2D eigenvalue weighted by molar-refractivity contribution is -0.136. The van der Waals surface area contributed by atoms with E-state index in [1.165, 1.54) is 13.4 Å². The van der Waals surface area contributed by atoms with E-state index in [2.05, 4.69) is 15.4 Å². The van der Waals surface area contributed by atoms with E-state index in [4.69, 9.17) is 25.8 Å². The Morgan fingerprint density at radius 3 is 2.70 bits per heavy atom. The molecule has 27 heavy (non-hydrogen) atoms. The van der Waals surface area contributed by atoms with Crippen LogP contribution in [-0.2, 0) is 9.53 Å². The van der Waals surface area contributed by atoms with Crippen LogP contribution in [0.4, 0.5) is 5.95 Å². The van der Waals surface area contributed by atoms with E-state index in [9.17, 15) is 4.79 Å². The van der Waals surface area contributed by atoms with Gasteiger partial charge in [-0.1, -0.05) is 11.6 Å². The summed E-state index contributed by atoms with van der Waals surface area (Å²) in [5, 5.41) is 7.72. The van der Waals surface area contributed by atoms with E-state index in [1.807, 2.05) is 13.8 Å². The summed E-state index contributed by atoms with van der Waals surface area (Å²) in [6, 6.07) is 2.98.